The first-order valence-electron chi connectivity index (χ1n) is 39.6. The molecule has 510 valence electrons. The second kappa shape index (κ2) is 75.8. The van der Waals surface area contributed by atoms with Crippen LogP contribution in [0.1, 0.15) is 450 Å². The van der Waals surface area contributed by atoms with Crippen LogP contribution in [0.3, 0.4) is 0 Å². The second-order valence-corrected chi connectivity index (χ2v) is 27.4. The minimum atomic E-state index is -0.664. The monoisotopic (exact) mass is 1210 g/mol. The largest absolute Gasteiger partial charge is 0.466 e. The Morgan fingerprint density at radius 2 is 0.558 bits per heavy atom. The lowest BCUT2D eigenvalue weighted by Crippen LogP contribution is -2.45. The molecule has 0 aromatic rings. The first kappa shape index (κ1) is 84.3. The van der Waals surface area contributed by atoms with E-state index in [9.17, 15) is 19.8 Å². The lowest BCUT2D eigenvalue weighted by atomic mass is 10.0. The zero-order chi connectivity index (χ0) is 62.0. The van der Waals surface area contributed by atoms with Gasteiger partial charge in [0.15, 0.2) is 0 Å². The number of hydrogen-bond acceptors (Lipinski definition) is 5. The molecule has 0 aromatic carbocycles. The summed E-state index contributed by atoms with van der Waals surface area (Å²) in [5, 5.41) is 23.5. The number of aliphatic hydroxyl groups is 2. The molecule has 0 aliphatic heterocycles. The Hall–Kier alpha value is -1.66. The molecule has 0 fully saturated rings. The van der Waals surface area contributed by atoms with Crippen molar-refractivity contribution in [2.75, 3.05) is 13.2 Å². The first-order chi connectivity index (χ1) is 42.5. The van der Waals surface area contributed by atoms with Crippen LogP contribution < -0.4 is 5.32 Å². The molecule has 86 heavy (non-hydrogen) atoms. The summed E-state index contributed by atoms with van der Waals surface area (Å²) in [5.74, 6) is -0.0176. The molecule has 1 amide bonds. The molecule has 6 nitrogen and oxygen atoms in total. The van der Waals surface area contributed by atoms with Crippen LogP contribution in [0.5, 0.6) is 0 Å². The molecule has 2 atom stereocenters. The van der Waals surface area contributed by atoms with E-state index in [1.807, 2.05) is 0 Å². The van der Waals surface area contributed by atoms with E-state index >= 15 is 0 Å². The van der Waals surface area contributed by atoms with Crippen LogP contribution in [-0.2, 0) is 14.3 Å². The van der Waals surface area contributed by atoms with E-state index in [0.29, 0.717) is 25.9 Å². The number of esters is 1. The number of ether oxygens (including phenoxy) is 1. The maximum atomic E-state index is 12.6. The number of aliphatic hydroxyl groups excluding tert-OH is 2. The fourth-order valence-electron chi connectivity index (χ4n) is 12.7. The summed E-state index contributed by atoms with van der Waals surface area (Å²) in [7, 11) is 0. The van der Waals surface area contributed by atoms with Crippen molar-refractivity contribution in [1.82, 2.24) is 5.32 Å². The standard InChI is InChI=1S/C80H155NO5/c1-3-5-7-9-11-13-15-16-17-18-19-20-21-31-34-37-40-43-46-49-53-56-60-64-68-72-78(83)77(76-82)81-79(84)73-69-65-61-57-54-50-47-44-41-38-35-32-29-27-25-23-22-24-26-28-30-33-36-39-42-45-48-51-55-59-63-67-71-75-86-80(85)74-70-66-62-58-52-14-12-10-8-6-4-2/h10,12,26,28,77-78,82-83H,3-9,11,13-25,27,29-76H2,1-2H3,(H,81,84)/b12-10-,28-26-. The predicted molar refractivity (Wildman–Crippen MR) is 380 cm³/mol. The Bertz CT molecular complexity index is 1350. The normalized spacial score (nSPS) is 12.6. The molecule has 0 aromatic heterocycles. The van der Waals surface area contributed by atoms with Crippen molar-refractivity contribution in [2.45, 2.75) is 463 Å². The van der Waals surface area contributed by atoms with Crippen molar-refractivity contribution in [2.24, 2.45) is 0 Å². The van der Waals surface area contributed by atoms with E-state index in [1.165, 1.54) is 372 Å². The molecule has 0 heterocycles. The fraction of sp³-hybridized carbons (Fsp3) is 0.925. The van der Waals surface area contributed by atoms with Crippen LogP contribution in [0, 0.1) is 0 Å². The zero-order valence-electron chi connectivity index (χ0n) is 58.6. The molecule has 0 spiro atoms. The van der Waals surface area contributed by atoms with E-state index in [0.717, 1.165) is 44.9 Å². The summed E-state index contributed by atoms with van der Waals surface area (Å²) < 4.78 is 5.47. The highest BCUT2D eigenvalue weighted by atomic mass is 16.5. The van der Waals surface area contributed by atoms with E-state index in [1.54, 1.807) is 0 Å². The summed E-state index contributed by atoms with van der Waals surface area (Å²) in [6, 6.07) is -0.540. The molecule has 0 aliphatic carbocycles. The molecule has 0 saturated carbocycles. The second-order valence-electron chi connectivity index (χ2n) is 27.4. The fourth-order valence-corrected chi connectivity index (χ4v) is 12.7. The Balaban J connectivity index is 3.36. The molecular formula is C80H155NO5. The number of allylic oxidation sites excluding steroid dienone is 4. The van der Waals surface area contributed by atoms with Gasteiger partial charge in [0.1, 0.15) is 0 Å². The summed E-state index contributed by atoms with van der Waals surface area (Å²) in [5.41, 5.74) is 0. The van der Waals surface area contributed by atoms with Gasteiger partial charge in [0.2, 0.25) is 5.91 Å². The van der Waals surface area contributed by atoms with Crippen molar-refractivity contribution < 1.29 is 24.5 Å². The Labute approximate surface area is 539 Å². The van der Waals surface area contributed by atoms with Gasteiger partial charge in [-0.3, -0.25) is 9.59 Å². The van der Waals surface area contributed by atoms with Gasteiger partial charge in [0.05, 0.1) is 25.4 Å². The first-order valence-corrected chi connectivity index (χ1v) is 39.6. The molecule has 0 radical (unpaired) electrons. The van der Waals surface area contributed by atoms with Crippen molar-refractivity contribution in [1.29, 1.82) is 0 Å². The average Bonchev–Trinajstić information content (AvgIpc) is 3.61. The Morgan fingerprint density at radius 3 is 0.860 bits per heavy atom. The third-order valence-electron chi connectivity index (χ3n) is 18.7. The highest BCUT2D eigenvalue weighted by molar-refractivity contribution is 5.76. The highest BCUT2D eigenvalue weighted by Crippen LogP contribution is 2.20. The molecule has 0 saturated heterocycles. The van der Waals surface area contributed by atoms with E-state index < -0.39 is 12.1 Å². The zero-order valence-corrected chi connectivity index (χ0v) is 58.6. The number of rotatable bonds is 75. The topological polar surface area (TPSA) is 95.9 Å². The van der Waals surface area contributed by atoms with Crippen LogP contribution in [0.2, 0.25) is 0 Å². The summed E-state index contributed by atoms with van der Waals surface area (Å²) >= 11 is 0. The van der Waals surface area contributed by atoms with Gasteiger partial charge >= 0.3 is 5.97 Å². The molecule has 6 heteroatoms. The maximum Gasteiger partial charge on any atom is 0.305 e. The van der Waals surface area contributed by atoms with Crippen molar-refractivity contribution in [3.8, 4) is 0 Å². The van der Waals surface area contributed by atoms with Crippen LogP contribution >= 0.6 is 0 Å². The van der Waals surface area contributed by atoms with Crippen LogP contribution in [0.25, 0.3) is 0 Å². The van der Waals surface area contributed by atoms with Crippen molar-refractivity contribution in [3.63, 3.8) is 0 Å². The van der Waals surface area contributed by atoms with Gasteiger partial charge in [-0.25, -0.2) is 0 Å². The number of carbonyl (C=O) groups excluding carboxylic acids is 2. The van der Waals surface area contributed by atoms with E-state index in [4.69, 9.17) is 4.74 Å². The van der Waals surface area contributed by atoms with Crippen LogP contribution in [0.4, 0.5) is 0 Å². The quantitative estimate of drug-likeness (QED) is 0.0320. The molecule has 2 unspecified atom stereocenters. The number of carbonyl (C=O) groups is 2. The molecule has 0 aliphatic rings. The Morgan fingerprint density at radius 1 is 0.314 bits per heavy atom. The number of unbranched alkanes of at least 4 members (excludes halogenated alkanes) is 60. The summed E-state index contributed by atoms with van der Waals surface area (Å²) in [4.78, 5) is 24.6. The van der Waals surface area contributed by atoms with Gasteiger partial charge in [0.25, 0.3) is 0 Å². The summed E-state index contributed by atoms with van der Waals surface area (Å²) in [6.07, 6.45) is 97.0. The van der Waals surface area contributed by atoms with Crippen LogP contribution in [0.15, 0.2) is 24.3 Å². The molecule has 3 N–H and O–H groups in total. The third kappa shape index (κ3) is 71.4. The van der Waals surface area contributed by atoms with Gasteiger partial charge in [-0.05, 0) is 70.6 Å². The van der Waals surface area contributed by atoms with Crippen LogP contribution in [-0.4, -0.2) is 47.4 Å². The summed E-state index contributed by atoms with van der Waals surface area (Å²) in [6.45, 7) is 4.96. The molecule has 0 bridgehead atoms. The minimum Gasteiger partial charge on any atom is -0.466 e. The van der Waals surface area contributed by atoms with Gasteiger partial charge in [0, 0.05) is 12.8 Å². The van der Waals surface area contributed by atoms with Crippen molar-refractivity contribution >= 4 is 11.9 Å². The van der Waals surface area contributed by atoms with Crippen molar-refractivity contribution in [3.05, 3.63) is 24.3 Å². The number of hydrogen-bond donors (Lipinski definition) is 3. The highest BCUT2D eigenvalue weighted by Gasteiger charge is 2.20. The SMILES string of the molecule is CCCC/C=C\CCCCCCCC(=O)OCCCCCCCCCCCCCC/C=C\CCCCCCCCCCCCCCCCCCCC(=O)NC(CO)C(O)CCCCCCCCCCCCCCCCCCCCCCCCCCC. The predicted octanol–water partition coefficient (Wildman–Crippen LogP) is 26.0. The Kier molecular flexibility index (Phi) is 74.3. The lowest BCUT2D eigenvalue weighted by Gasteiger charge is -2.22. The molecular weight excluding hydrogens is 1050 g/mol. The number of amides is 1. The smallest absolute Gasteiger partial charge is 0.305 e. The third-order valence-corrected chi connectivity index (χ3v) is 18.7. The lowest BCUT2D eigenvalue weighted by molar-refractivity contribution is -0.143. The van der Waals surface area contributed by atoms with Gasteiger partial charge < -0.3 is 20.3 Å². The van der Waals surface area contributed by atoms with Gasteiger partial charge in [-0.15, -0.1) is 0 Å². The van der Waals surface area contributed by atoms with Gasteiger partial charge in [-0.1, -0.05) is 391 Å². The minimum absolute atomic E-state index is 0.00839. The van der Waals surface area contributed by atoms with Gasteiger partial charge in [-0.2, -0.15) is 0 Å². The molecule has 0 rings (SSSR count). The van der Waals surface area contributed by atoms with E-state index in [-0.39, 0.29) is 18.5 Å². The number of nitrogens with one attached hydrogen (secondary N) is 1. The van der Waals surface area contributed by atoms with E-state index in [2.05, 4.69) is 43.5 Å². The average molecular weight is 1210 g/mol. The maximum absolute atomic E-state index is 12.6.